The molecule has 0 fully saturated rings. The van der Waals surface area contributed by atoms with Crippen LogP contribution >= 0.6 is 15.9 Å². The van der Waals surface area contributed by atoms with E-state index in [0.29, 0.717) is 0 Å². The predicted octanol–water partition coefficient (Wildman–Crippen LogP) is 5.27. The molecule has 0 aliphatic rings. The molecule has 0 aromatic heterocycles. The topological polar surface area (TPSA) is 32.3 Å². The molecule has 0 unspecified atom stereocenters. The van der Waals surface area contributed by atoms with E-state index in [-0.39, 0.29) is 6.03 Å². The molecule has 4 heteroatoms. The van der Waals surface area contributed by atoms with E-state index in [1.807, 2.05) is 60.7 Å². The molecule has 0 aliphatic heterocycles. The van der Waals surface area contributed by atoms with Crippen LogP contribution in [0.3, 0.4) is 0 Å². The first-order chi connectivity index (χ1) is 10.6. The first kappa shape index (κ1) is 14.6. The number of hydrogen-bond acceptors (Lipinski definition) is 1. The minimum Gasteiger partial charge on any atom is -0.308 e. The van der Waals surface area contributed by atoms with Gasteiger partial charge in [-0.15, -0.1) is 0 Å². The maximum atomic E-state index is 12.4. The minimum absolute atomic E-state index is 0.173. The van der Waals surface area contributed by atoms with Crippen LogP contribution in [0, 0.1) is 0 Å². The second-order valence-corrected chi connectivity index (χ2v) is 5.95. The van der Waals surface area contributed by atoms with E-state index < -0.39 is 0 Å². The van der Waals surface area contributed by atoms with Gasteiger partial charge in [0.05, 0.1) is 0 Å². The lowest BCUT2D eigenvalue weighted by Gasteiger charge is -2.18. The molecule has 0 aliphatic carbocycles. The predicted molar refractivity (Wildman–Crippen MR) is 95.5 cm³/mol. The van der Waals surface area contributed by atoms with Gasteiger partial charge >= 0.3 is 6.03 Å². The number of anilines is 2. The van der Waals surface area contributed by atoms with Gasteiger partial charge in [0.2, 0.25) is 0 Å². The van der Waals surface area contributed by atoms with Gasteiger partial charge in [0.1, 0.15) is 0 Å². The van der Waals surface area contributed by atoms with Crippen LogP contribution in [0.1, 0.15) is 0 Å². The van der Waals surface area contributed by atoms with Gasteiger partial charge in [-0.05, 0) is 41.1 Å². The zero-order valence-corrected chi connectivity index (χ0v) is 13.7. The fraction of sp³-hybridized carbons (Fsp3) is 0.0556. The molecule has 0 radical (unpaired) electrons. The molecule has 0 heterocycles. The summed E-state index contributed by atoms with van der Waals surface area (Å²) >= 11 is 3.42. The van der Waals surface area contributed by atoms with Crippen molar-refractivity contribution in [1.82, 2.24) is 0 Å². The number of rotatable bonds is 2. The Morgan fingerprint density at radius 3 is 2.50 bits per heavy atom. The van der Waals surface area contributed by atoms with Crippen molar-refractivity contribution in [2.24, 2.45) is 0 Å². The monoisotopic (exact) mass is 354 g/mol. The number of fused-ring (bicyclic) bond motifs is 1. The molecule has 3 aromatic rings. The Bertz CT molecular complexity index is 832. The summed E-state index contributed by atoms with van der Waals surface area (Å²) < 4.78 is 0.940. The summed E-state index contributed by atoms with van der Waals surface area (Å²) in [4.78, 5) is 13.9. The Morgan fingerprint density at radius 1 is 0.955 bits per heavy atom. The Labute approximate surface area is 137 Å². The highest BCUT2D eigenvalue weighted by Crippen LogP contribution is 2.21. The lowest BCUT2D eigenvalue weighted by Crippen LogP contribution is -2.31. The van der Waals surface area contributed by atoms with Gasteiger partial charge in [-0.1, -0.05) is 52.3 Å². The number of halogens is 1. The van der Waals surface area contributed by atoms with Crippen molar-refractivity contribution in [2.75, 3.05) is 17.3 Å². The molecule has 0 saturated carbocycles. The van der Waals surface area contributed by atoms with Gasteiger partial charge in [-0.3, -0.25) is 4.90 Å². The number of hydrogen-bond donors (Lipinski definition) is 1. The summed E-state index contributed by atoms with van der Waals surface area (Å²) in [6, 6.07) is 21.4. The number of nitrogens with zero attached hydrogens (tertiary/aromatic N) is 1. The smallest absolute Gasteiger partial charge is 0.308 e. The molecule has 0 bridgehead atoms. The average molecular weight is 355 g/mol. The molecule has 2 amide bonds. The lowest BCUT2D eigenvalue weighted by atomic mass is 10.1. The molecule has 0 spiro atoms. The van der Waals surface area contributed by atoms with E-state index in [1.54, 1.807) is 11.9 Å². The highest BCUT2D eigenvalue weighted by Gasteiger charge is 2.11. The lowest BCUT2D eigenvalue weighted by molar-refractivity contribution is 0.258. The van der Waals surface area contributed by atoms with Crippen LogP contribution in [-0.4, -0.2) is 13.1 Å². The summed E-state index contributed by atoms with van der Waals surface area (Å²) in [5.74, 6) is 0. The molecule has 3 aromatic carbocycles. The van der Waals surface area contributed by atoms with Crippen molar-refractivity contribution in [2.45, 2.75) is 0 Å². The third-order valence-electron chi connectivity index (χ3n) is 3.50. The third kappa shape index (κ3) is 3.12. The Hall–Kier alpha value is -2.33. The number of carbonyl (C=O) groups excluding carboxylic acids is 1. The molecular formula is C18H15BrN2O. The zero-order chi connectivity index (χ0) is 15.5. The Kier molecular flexibility index (Phi) is 4.11. The van der Waals surface area contributed by atoms with E-state index in [0.717, 1.165) is 26.6 Å². The number of nitrogens with one attached hydrogen (secondary N) is 1. The fourth-order valence-electron chi connectivity index (χ4n) is 2.28. The van der Waals surface area contributed by atoms with Crippen molar-refractivity contribution in [3.63, 3.8) is 0 Å². The van der Waals surface area contributed by atoms with Crippen molar-refractivity contribution >= 4 is 44.1 Å². The third-order valence-corrected chi connectivity index (χ3v) is 3.99. The van der Waals surface area contributed by atoms with E-state index >= 15 is 0 Å². The number of carbonyl (C=O) groups is 1. The SMILES string of the molecule is CN(C(=O)Nc1ccc2ccccc2c1)c1cccc(Br)c1. The molecule has 110 valence electrons. The largest absolute Gasteiger partial charge is 0.326 e. The van der Waals surface area contributed by atoms with Crippen LogP contribution in [-0.2, 0) is 0 Å². The van der Waals surface area contributed by atoms with Crippen LogP contribution in [0.2, 0.25) is 0 Å². The molecule has 22 heavy (non-hydrogen) atoms. The number of urea groups is 1. The second-order valence-electron chi connectivity index (χ2n) is 5.03. The van der Waals surface area contributed by atoms with Crippen LogP contribution < -0.4 is 10.2 Å². The summed E-state index contributed by atoms with van der Waals surface area (Å²) in [7, 11) is 1.75. The minimum atomic E-state index is -0.173. The standard InChI is InChI=1S/C18H15BrN2O/c1-21(17-8-4-7-15(19)12-17)18(22)20-16-10-9-13-5-2-3-6-14(13)11-16/h2-12H,1H3,(H,20,22). The van der Waals surface area contributed by atoms with Crippen molar-refractivity contribution in [3.8, 4) is 0 Å². The maximum Gasteiger partial charge on any atom is 0.326 e. The maximum absolute atomic E-state index is 12.4. The van der Waals surface area contributed by atoms with Crippen molar-refractivity contribution in [3.05, 3.63) is 71.2 Å². The quantitative estimate of drug-likeness (QED) is 0.667. The van der Waals surface area contributed by atoms with Gasteiger partial charge in [0.15, 0.2) is 0 Å². The fourth-order valence-corrected chi connectivity index (χ4v) is 2.66. The molecule has 0 saturated heterocycles. The molecule has 1 N–H and O–H groups in total. The molecule has 0 atom stereocenters. The molecular weight excluding hydrogens is 340 g/mol. The summed E-state index contributed by atoms with van der Waals surface area (Å²) in [6.07, 6.45) is 0. The van der Waals surface area contributed by atoms with Crippen LogP contribution in [0.15, 0.2) is 71.2 Å². The van der Waals surface area contributed by atoms with E-state index in [4.69, 9.17) is 0 Å². The first-order valence-electron chi connectivity index (χ1n) is 6.92. The number of amides is 2. The highest BCUT2D eigenvalue weighted by atomic mass is 79.9. The molecule has 3 nitrogen and oxygen atoms in total. The zero-order valence-electron chi connectivity index (χ0n) is 12.1. The van der Waals surface area contributed by atoms with E-state index in [2.05, 4.69) is 27.3 Å². The molecule has 3 rings (SSSR count). The van der Waals surface area contributed by atoms with Crippen molar-refractivity contribution < 1.29 is 4.79 Å². The average Bonchev–Trinajstić information content (AvgIpc) is 2.54. The highest BCUT2D eigenvalue weighted by molar-refractivity contribution is 9.10. The van der Waals surface area contributed by atoms with Gasteiger partial charge in [0, 0.05) is 22.9 Å². The number of benzene rings is 3. The summed E-state index contributed by atoms with van der Waals surface area (Å²) in [6.45, 7) is 0. The normalized spacial score (nSPS) is 10.5. The van der Waals surface area contributed by atoms with Crippen LogP contribution in [0.25, 0.3) is 10.8 Å². The summed E-state index contributed by atoms with van der Waals surface area (Å²) in [5, 5.41) is 5.18. The van der Waals surface area contributed by atoms with Gasteiger partial charge in [-0.2, -0.15) is 0 Å². The van der Waals surface area contributed by atoms with E-state index in [9.17, 15) is 4.79 Å². The van der Waals surface area contributed by atoms with Gasteiger partial charge < -0.3 is 5.32 Å². The van der Waals surface area contributed by atoms with Gasteiger partial charge in [-0.25, -0.2) is 4.79 Å². The summed E-state index contributed by atoms with van der Waals surface area (Å²) in [5.41, 5.74) is 1.61. The second kappa shape index (κ2) is 6.20. The van der Waals surface area contributed by atoms with E-state index in [1.165, 1.54) is 0 Å². The Balaban J connectivity index is 1.80. The van der Waals surface area contributed by atoms with Gasteiger partial charge in [0.25, 0.3) is 0 Å². The Morgan fingerprint density at radius 2 is 1.73 bits per heavy atom. The first-order valence-corrected chi connectivity index (χ1v) is 7.72. The van der Waals surface area contributed by atoms with Crippen LogP contribution in [0.5, 0.6) is 0 Å². The van der Waals surface area contributed by atoms with Crippen molar-refractivity contribution in [1.29, 1.82) is 0 Å². The van der Waals surface area contributed by atoms with Crippen LogP contribution in [0.4, 0.5) is 16.2 Å².